The van der Waals surface area contributed by atoms with Crippen molar-refractivity contribution in [3.8, 4) is 11.3 Å². The minimum Gasteiger partial charge on any atom is -0.347 e. The molecule has 132 valence electrons. The number of rotatable bonds is 5. The lowest BCUT2D eigenvalue weighted by atomic mass is 9.97. The van der Waals surface area contributed by atoms with E-state index in [1.807, 2.05) is 25.1 Å². The highest BCUT2D eigenvalue weighted by atomic mass is 32.1. The maximum absolute atomic E-state index is 12.5. The molecule has 0 saturated carbocycles. The standard InChI is InChI=1S/C22H22N2OS/c1-15(22-24-20(14-26-22)17-8-3-2-4-9-17)23-21(25)13-18-12-11-16-7-5-6-10-19(16)18/h2-10,14-15,18H,11-13H2,1H3,(H,23,25). The van der Waals surface area contributed by atoms with Crippen LogP contribution in [0.2, 0.25) is 0 Å². The Balaban J connectivity index is 1.39. The lowest BCUT2D eigenvalue weighted by molar-refractivity contribution is -0.122. The van der Waals surface area contributed by atoms with Gasteiger partial charge in [-0.25, -0.2) is 4.98 Å². The van der Waals surface area contributed by atoms with Crippen molar-refractivity contribution >= 4 is 17.2 Å². The number of nitrogens with zero attached hydrogens (tertiary/aromatic N) is 1. The second-order valence-electron chi connectivity index (χ2n) is 6.86. The summed E-state index contributed by atoms with van der Waals surface area (Å²) in [5.74, 6) is 0.449. The molecule has 3 aromatic rings. The van der Waals surface area contributed by atoms with Gasteiger partial charge in [-0.3, -0.25) is 4.79 Å². The lowest BCUT2D eigenvalue weighted by Crippen LogP contribution is -2.27. The lowest BCUT2D eigenvalue weighted by Gasteiger charge is -2.15. The quantitative estimate of drug-likeness (QED) is 0.685. The number of aromatic nitrogens is 1. The Bertz CT molecular complexity index is 903. The molecule has 0 saturated heterocycles. The fraction of sp³-hybridized carbons (Fsp3) is 0.273. The van der Waals surface area contributed by atoms with Crippen LogP contribution in [-0.2, 0) is 11.2 Å². The van der Waals surface area contributed by atoms with Gasteiger partial charge in [-0.2, -0.15) is 0 Å². The van der Waals surface area contributed by atoms with E-state index in [2.05, 4.69) is 47.1 Å². The molecule has 0 radical (unpaired) electrons. The molecule has 1 amide bonds. The highest BCUT2D eigenvalue weighted by molar-refractivity contribution is 7.10. The average Bonchev–Trinajstić information content (AvgIpc) is 3.30. The van der Waals surface area contributed by atoms with Crippen LogP contribution in [0.4, 0.5) is 0 Å². The molecule has 1 heterocycles. The number of carbonyl (C=O) groups is 1. The molecule has 2 unspecified atom stereocenters. The van der Waals surface area contributed by atoms with E-state index >= 15 is 0 Å². The molecule has 3 nitrogen and oxygen atoms in total. The molecule has 1 N–H and O–H groups in total. The molecule has 0 bridgehead atoms. The normalized spacial score (nSPS) is 16.9. The topological polar surface area (TPSA) is 42.0 Å². The number of amides is 1. The van der Waals surface area contributed by atoms with Crippen molar-refractivity contribution < 1.29 is 4.79 Å². The molecule has 2 atom stereocenters. The molecule has 1 aliphatic carbocycles. The Morgan fingerprint density at radius 1 is 1.19 bits per heavy atom. The number of carbonyl (C=O) groups excluding carboxylic acids is 1. The number of nitrogens with one attached hydrogen (secondary N) is 1. The number of benzene rings is 2. The number of hydrogen-bond donors (Lipinski definition) is 1. The third-order valence-electron chi connectivity index (χ3n) is 5.03. The fourth-order valence-corrected chi connectivity index (χ4v) is 4.51. The molecule has 26 heavy (non-hydrogen) atoms. The van der Waals surface area contributed by atoms with Crippen LogP contribution in [0, 0.1) is 0 Å². The van der Waals surface area contributed by atoms with Crippen LogP contribution >= 0.6 is 11.3 Å². The predicted octanol–water partition coefficient (Wildman–Crippen LogP) is 5.11. The van der Waals surface area contributed by atoms with Crippen LogP contribution in [-0.4, -0.2) is 10.9 Å². The van der Waals surface area contributed by atoms with Gasteiger partial charge in [0.25, 0.3) is 0 Å². The smallest absolute Gasteiger partial charge is 0.221 e. The average molecular weight is 362 g/mol. The summed E-state index contributed by atoms with van der Waals surface area (Å²) in [4.78, 5) is 17.2. The molecule has 0 fully saturated rings. The minimum absolute atomic E-state index is 0.0680. The molecule has 2 aromatic carbocycles. The fourth-order valence-electron chi connectivity index (χ4n) is 3.67. The van der Waals surface area contributed by atoms with Gasteiger partial charge in [0, 0.05) is 17.4 Å². The summed E-state index contributed by atoms with van der Waals surface area (Å²) < 4.78 is 0. The summed E-state index contributed by atoms with van der Waals surface area (Å²) in [7, 11) is 0. The van der Waals surface area contributed by atoms with Gasteiger partial charge in [-0.15, -0.1) is 11.3 Å². The first-order valence-corrected chi connectivity index (χ1v) is 9.96. The Morgan fingerprint density at radius 3 is 2.81 bits per heavy atom. The van der Waals surface area contributed by atoms with E-state index in [0.717, 1.165) is 29.1 Å². The molecule has 4 rings (SSSR count). The van der Waals surface area contributed by atoms with Crippen molar-refractivity contribution in [3.05, 3.63) is 76.1 Å². The first-order valence-electron chi connectivity index (χ1n) is 9.08. The van der Waals surface area contributed by atoms with Crippen LogP contribution in [0.15, 0.2) is 60.0 Å². The number of thiazole rings is 1. The van der Waals surface area contributed by atoms with E-state index in [0.29, 0.717) is 12.3 Å². The largest absolute Gasteiger partial charge is 0.347 e. The van der Waals surface area contributed by atoms with E-state index in [4.69, 9.17) is 4.98 Å². The third kappa shape index (κ3) is 3.56. The van der Waals surface area contributed by atoms with Crippen LogP contribution in [0.1, 0.15) is 47.9 Å². The van der Waals surface area contributed by atoms with Crippen LogP contribution in [0.25, 0.3) is 11.3 Å². The Labute approximate surface area is 158 Å². The Kier molecular flexibility index (Phi) is 4.85. The third-order valence-corrected chi connectivity index (χ3v) is 6.06. The molecule has 4 heteroatoms. The first-order chi connectivity index (χ1) is 12.7. The number of fused-ring (bicyclic) bond motifs is 1. The van der Waals surface area contributed by atoms with Gasteiger partial charge < -0.3 is 5.32 Å². The van der Waals surface area contributed by atoms with Crippen molar-refractivity contribution in [2.45, 2.75) is 38.1 Å². The minimum atomic E-state index is -0.0680. The first kappa shape index (κ1) is 17.0. The molecular formula is C22H22N2OS. The predicted molar refractivity (Wildman–Crippen MR) is 106 cm³/mol. The summed E-state index contributed by atoms with van der Waals surface area (Å²) in [6, 6.07) is 18.6. The molecule has 0 aliphatic heterocycles. The maximum Gasteiger partial charge on any atom is 0.221 e. The van der Waals surface area contributed by atoms with E-state index in [1.165, 1.54) is 11.1 Å². The zero-order valence-electron chi connectivity index (χ0n) is 14.8. The molecule has 1 aromatic heterocycles. The highest BCUT2D eigenvalue weighted by Gasteiger charge is 2.25. The highest BCUT2D eigenvalue weighted by Crippen LogP contribution is 2.35. The maximum atomic E-state index is 12.5. The van der Waals surface area contributed by atoms with Crippen molar-refractivity contribution in [3.63, 3.8) is 0 Å². The summed E-state index contributed by atoms with van der Waals surface area (Å²) in [6.45, 7) is 2.01. The van der Waals surface area contributed by atoms with Gasteiger partial charge in [0.05, 0.1) is 11.7 Å². The zero-order chi connectivity index (χ0) is 17.9. The van der Waals surface area contributed by atoms with E-state index < -0.39 is 0 Å². The van der Waals surface area contributed by atoms with E-state index in [1.54, 1.807) is 11.3 Å². The second-order valence-corrected chi connectivity index (χ2v) is 7.75. The zero-order valence-corrected chi connectivity index (χ0v) is 15.6. The van der Waals surface area contributed by atoms with Gasteiger partial charge in [-0.1, -0.05) is 54.6 Å². The van der Waals surface area contributed by atoms with Crippen LogP contribution in [0.3, 0.4) is 0 Å². The van der Waals surface area contributed by atoms with Crippen molar-refractivity contribution in [2.75, 3.05) is 0 Å². The van der Waals surface area contributed by atoms with E-state index in [-0.39, 0.29) is 11.9 Å². The van der Waals surface area contributed by atoms with Crippen LogP contribution in [0.5, 0.6) is 0 Å². The molecule has 0 spiro atoms. The summed E-state index contributed by atoms with van der Waals surface area (Å²) in [5.41, 5.74) is 4.81. The van der Waals surface area contributed by atoms with Crippen LogP contribution < -0.4 is 5.32 Å². The van der Waals surface area contributed by atoms with Gasteiger partial charge in [0.1, 0.15) is 5.01 Å². The van der Waals surface area contributed by atoms with Crippen molar-refractivity contribution in [1.29, 1.82) is 0 Å². The van der Waals surface area contributed by atoms with Gasteiger partial charge >= 0.3 is 0 Å². The van der Waals surface area contributed by atoms with Gasteiger partial charge in [-0.05, 0) is 36.8 Å². The SMILES string of the molecule is CC(NC(=O)CC1CCc2ccccc21)c1nc(-c2ccccc2)cs1. The molecule has 1 aliphatic rings. The van der Waals surface area contributed by atoms with E-state index in [9.17, 15) is 4.79 Å². The Hall–Kier alpha value is -2.46. The monoisotopic (exact) mass is 362 g/mol. The van der Waals surface area contributed by atoms with Crippen molar-refractivity contribution in [2.24, 2.45) is 0 Å². The van der Waals surface area contributed by atoms with Gasteiger partial charge in [0.15, 0.2) is 0 Å². The van der Waals surface area contributed by atoms with Gasteiger partial charge in [0.2, 0.25) is 5.91 Å². The molecular weight excluding hydrogens is 340 g/mol. The second kappa shape index (κ2) is 7.42. The van der Waals surface area contributed by atoms with Crippen molar-refractivity contribution in [1.82, 2.24) is 10.3 Å². The Morgan fingerprint density at radius 2 is 1.96 bits per heavy atom. The number of aryl methyl sites for hydroxylation is 1. The summed E-state index contributed by atoms with van der Waals surface area (Å²) in [6.07, 6.45) is 2.70. The summed E-state index contributed by atoms with van der Waals surface area (Å²) >= 11 is 1.60. The number of hydrogen-bond acceptors (Lipinski definition) is 3. The summed E-state index contributed by atoms with van der Waals surface area (Å²) in [5, 5.41) is 6.13.